The van der Waals surface area contributed by atoms with Crippen molar-refractivity contribution < 1.29 is 14.3 Å². The fraction of sp³-hybridized carbons (Fsp3) is 0.176. The maximum Gasteiger partial charge on any atom is 0.338 e. The number of carbonyl (C=O) groups excluding carboxylic acids is 2. The molecular formula is C17H15Cl2NO3. The van der Waals surface area contributed by atoms with E-state index in [2.05, 4.69) is 5.32 Å². The van der Waals surface area contributed by atoms with Gasteiger partial charge in [0.15, 0.2) is 6.10 Å². The number of amides is 1. The summed E-state index contributed by atoms with van der Waals surface area (Å²) in [6, 6.07) is 13.4. The second-order valence-corrected chi connectivity index (χ2v) is 5.71. The minimum atomic E-state index is -0.916. The molecule has 1 unspecified atom stereocenters. The van der Waals surface area contributed by atoms with Crippen molar-refractivity contribution in [2.45, 2.75) is 19.6 Å². The van der Waals surface area contributed by atoms with E-state index >= 15 is 0 Å². The van der Waals surface area contributed by atoms with Gasteiger partial charge in [0, 0.05) is 16.6 Å². The van der Waals surface area contributed by atoms with Crippen LogP contribution >= 0.6 is 23.2 Å². The van der Waals surface area contributed by atoms with Gasteiger partial charge in [0.05, 0.1) is 5.56 Å². The first-order valence-corrected chi connectivity index (χ1v) is 7.70. The zero-order valence-electron chi connectivity index (χ0n) is 12.4. The molecule has 2 aromatic rings. The Kier molecular flexibility index (Phi) is 6.02. The van der Waals surface area contributed by atoms with Crippen LogP contribution in [-0.2, 0) is 16.1 Å². The standard InChI is InChI=1S/C17H15Cl2NO3/c1-11(23-17(22)12-6-8-14(18)9-7-12)16(21)20-10-13-4-2-3-5-15(13)19/h2-9,11H,10H2,1H3,(H,20,21). The first-order valence-electron chi connectivity index (χ1n) is 6.95. The molecular weight excluding hydrogens is 337 g/mol. The Morgan fingerprint density at radius 2 is 1.74 bits per heavy atom. The molecule has 0 radical (unpaired) electrons. The molecule has 1 N–H and O–H groups in total. The number of nitrogens with one attached hydrogen (secondary N) is 1. The van der Waals surface area contributed by atoms with E-state index in [4.69, 9.17) is 27.9 Å². The van der Waals surface area contributed by atoms with Crippen molar-refractivity contribution in [3.63, 3.8) is 0 Å². The van der Waals surface area contributed by atoms with Gasteiger partial charge in [0.25, 0.3) is 5.91 Å². The highest BCUT2D eigenvalue weighted by atomic mass is 35.5. The molecule has 4 nitrogen and oxygen atoms in total. The van der Waals surface area contributed by atoms with E-state index in [9.17, 15) is 9.59 Å². The zero-order valence-corrected chi connectivity index (χ0v) is 13.9. The van der Waals surface area contributed by atoms with Crippen LogP contribution in [0.3, 0.4) is 0 Å². The van der Waals surface area contributed by atoms with E-state index in [0.29, 0.717) is 15.6 Å². The van der Waals surface area contributed by atoms with Crippen molar-refractivity contribution >= 4 is 35.1 Å². The lowest BCUT2D eigenvalue weighted by atomic mass is 10.2. The molecule has 0 saturated carbocycles. The third-order valence-corrected chi connectivity index (χ3v) is 3.76. The lowest BCUT2D eigenvalue weighted by Crippen LogP contribution is -2.35. The van der Waals surface area contributed by atoms with Gasteiger partial charge in [-0.25, -0.2) is 4.79 Å². The molecule has 0 aliphatic heterocycles. The highest BCUT2D eigenvalue weighted by Crippen LogP contribution is 2.14. The highest BCUT2D eigenvalue weighted by molar-refractivity contribution is 6.31. The van der Waals surface area contributed by atoms with Crippen LogP contribution in [0, 0.1) is 0 Å². The van der Waals surface area contributed by atoms with Crippen molar-refractivity contribution in [2.24, 2.45) is 0 Å². The first kappa shape index (κ1) is 17.3. The predicted molar refractivity (Wildman–Crippen MR) is 89.6 cm³/mol. The van der Waals surface area contributed by atoms with Crippen LogP contribution < -0.4 is 5.32 Å². The van der Waals surface area contributed by atoms with E-state index in [-0.39, 0.29) is 6.54 Å². The Hall–Kier alpha value is -2.04. The molecule has 0 aliphatic carbocycles. The molecule has 0 aromatic heterocycles. The minimum Gasteiger partial charge on any atom is -0.449 e. The number of hydrogen-bond donors (Lipinski definition) is 1. The van der Waals surface area contributed by atoms with E-state index in [1.165, 1.54) is 6.92 Å². The normalized spacial score (nSPS) is 11.6. The van der Waals surface area contributed by atoms with Crippen LogP contribution in [0.4, 0.5) is 0 Å². The fourth-order valence-electron chi connectivity index (χ4n) is 1.84. The van der Waals surface area contributed by atoms with Crippen LogP contribution in [0.25, 0.3) is 0 Å². The lowest BCUT2D eigenvalue weighted by molar-refractivity contribution is -0.129. The number of esters is 1. The summed E-state index contributed by atoms with van der Waals surface area (Å²) in [6.07, 6.45) is -0.916. The van der Waals surface area contributed by atoms with Gasteiger partial charge in [0.1, 0.15) is 0 Å². The zero-order chi connectivity index (χ0) is 16.8. The molecule has 2 rings (SSSR count). The number of carbonyl (C=O) groups is 2. The molecule has 2 aromatic carbocycles. The molecule has 23 heavy (non-hydrogen) atoms. The number of benzene rings is 2. The summed E-state index contributed by atoms with van der Waals surface area (Å²) in [5, 5.41) is 3.77. The molecule has 6 heteroatoms. The average molecular weight is 352 g/mol. The van der Waals surface area contributed by atoms with Gasteiger partial charge in [-0.1, -0.05) is 41.4 Å². The Balaban J connectivity index is 1.88. The monoisotopic (exact) mass is 351 g/mol. The molecule has 0 saturated heterocycles. The van der Waals surface area contributed by atoms with Gasteiger partial charge >= 0.3 is 5.97 Å². The number of ether oxygens (including phenoxy) is 1. The maximum atomic E-state index is 12.0. The Morgan fingerprint density at radius 3 is 2.39 bits per heavy atom. The van der Waals surface area contributed by atoms with E-state index in [1.807, 2.05) is 18.2 Å². The van der Waals surface area contributed by atoms with Crippen molar-refractivity contribution in [1.29, 1.82) is 0 Å². The summed E-state index contributed by atoms with van der Waals surface area (Å²) in [4.78, 5) is 23.9. The van der Waals surface area contributed by atoms with Crippen LogP contribution in [0.2, 0.25) is 10.0 Å². The van der Waals surface area contributed by atoms with Gasteiger partial charge in [-0.05, 0) is 42.8 Å². The van der Waals surface area contributed by atoms with Crippen molar-refractivity contribution in [3.8, 4) is 0 Å². The number of halogens is 2. The topological polar surface area (TPSA) is 55.4 Å². The third-order valence-electron chi connectivity index (χ3n) is 3.14. The predicted octanol–water partition coefficient (Wildman–Crippen LogP) is 3.86. The molecule has 0 spiro atoms. The summed E-state index contributed by atoms with van der Waals surface area (Å²) >= 11 is 11.8. The summed E-state index contributed by atoms with van der Waals surface area (Å²) in [5.74, 6) is -0.978. The molecule has 0 fully saturated rings. The second-order valence-electron chi connectivity index (χ2n) is 4.86. The quantitative estimate of drug-likeness (QED) is 0.832. The highest BCUT2D eigenvalue weighted by Gasteiger charge is 2.18. The Labute approximate surface area is 144 Å². The smallest absolute Gasteiger partial charge is 0.338 e. The number of hydrogen-bond acceptors (Lipinski definition) is 3. The number of rotatable bonds is 5. The fourth-order valence-corrected chi connectivity index (χ4v) is 2.16. The van der Waals surface area contributed by atoms with Crippen molar-refractivity contribution in [3.05, 3.63) is 69.7 Å². The van der Waals surface area contributed by atoms with Crippen LogP contribution in [0.15, 0.2) is 48.5 Å². The second kappa shape index (κ2) is 7.99. The van der Waals surface area contributed by atoms with Gasteiger partial charge < -0.3 is 10.1 Å². The summed E-state index contributed by atoms with van der Waals surface area (Å²) in [7, 11) is 0. The van der Waals surface area contributed by atoms with Gasteiger partial charge in [-0.15, -0.1) is 0 Å². The van der Waals surface area contributed by atoms with Crippen LogP contribution in [-0.4, -0.2) is 18.0 Å². The van der Waals surface area contributed by atoms with Crippen LogP contribution in [0.1, 0.15) is 22.8 Å². The van der Waals surface area contributed by atoms with Crippen molar-refractivity contribution in [1.82, 2.24) is 5.32 Å². The molecule has 120 valence electrons. The SMILES string of the molecule is CC(OC(=O)c1ccc(Cl)cc1)C(=O)NCc1ccccc1Cl. The Morgan fingerprint density at radius 1 is 1.09 bits per heavy atom. The first-order chi connectivity index (χ1) is 11.0. The van der Waals surface area contributed by atoms with E-state index < -0.39 is 18.0 Å². The molecule has 1 atom stereocenters. The van der Waals surface area contributed by atoms with Gasteiger partial charge in [0.2, 0.25) is 0 Å². The van der Waals surface area contributed by atoms with E-state index in [1.54, 1.807) is 30.3 Å². The largest absolute Gasteiger partial charge is 0.449 e. The Bertz CT molecular complexity index is 701. The van der Waals surface area contributed by atoms with Crippen molar-refractivity contribution in [2.75, 3.05) is 0 Å². The molecule has 0 aliphatic rings. The molecule has 1 amide bonds. The van der Waals surface area contributed by atoms with Gasteiger partial charge in [-0.2, -0.15) is 0 Å². The molecule has 0 heterocycles. The minimum absolute atomic E-state index is 0.265. The summed E-state index contributed by atoms with van der Waals surface area (Å²) in [6.45, 7) is 1.77. The maximum absolute atomic E-state index is 12.0. The summed E-state index contributed by atoms with van der Waals surface area (Å²) in [5.41, 5.74) is 1.12. The van der Waals surface area contributed by atoms with E-state index in [0.717, 1.165) is 5.56 Å². The van der Waals surface area contributed by atoms with Crippen LogP contribution in [0.5, 0.6) is 0 Å². The molecule has 0 bridgehead atoms. The third kappa shape index (κ3) is 4.98. The summed E-state index contributed by atoms with van der Waals surface area (Å²) < 4.78 is 5.13. The lowest BCUT2D eigenvalue weighted by Gasteiger charge is -2.14. The average Bonchev–Trinajstić information content (AvgIpc) is 2.54. The van der Waals surface area contributed by atoms with Gasteiger partial charge in [-0.3, -0.25) is 4.79 Å².